The SMILES string of the molecule is Nc1nc2c(ncn2[C@@H]2O[C@@H]3COP(=O)([O-])O[C@H]4[C@@H](F)[C@H](n5cnc6c(N)ncnc65)O[C@@H]4COP(=O)([O-])O[C@@H]2[C@@H]3O)c(=O)[nH]1. The van der Waals surface area contributed by atoms with E-state index < -0.39 is 83.6 Å². The van der Waals surface area contributed by atoms with E-state index >= 15 is 4.39 Å². The van der Waals surface area contributed by atoms with Crippen LogP contribution in [0.15, 0.2) is 23.8 Å². The highest BCUT2D eigenvalue weighted by Gasteiger charge is 2.52. The number of ether oxygens (including phenoxy) is 2. The molecule has 3 fully saturated rings. The first-order valence-electron chi connectivity index (χ1n) is 12.9. The molecule has 25 heteroatoms. The summed E-state index contributed by atoms with van der Waals surface area (Å²) in [4.78, 5) is 60.1. The molecule has 0 aromatic carbocycles. The number of imidazole rings is 2. The molecule has 6 N–H and O–H groups in total. The highest BCUT2D eigenvalue weighted by atomic mass is 31.2. The summed E-state index contributed by atoms with van der Waals surface area (Å²) in [6, 6.07) is 0. The molecule has 0 aliphatic carbocycles. The molecular weight excluding hydrogens is 653 g/mol. The number of anilines is 2. The van der Waals surface area contributed by atoms with Crippen LogP contribution in [0.4, 0.5) is 16.2 Å². The second-order valence-corrected chi connectivity index (χ2v) is 12.8. The number of aromatic amines is 1. The number of phosphoric ester groups is 2. The molecule has 3 aliphatic heterocycles. The fraction of sp³-hybridized carbons (Fsp3) is 0.500. The zero-order valence-electron chi connectivity index (χ0n) is 22.3. The summed E-state index contributed by atoms with van der Waals surface area (Å²) in [5.74, 6) is -0.340. The van der Waals surface area contributed by atoms with Gasteiger partial charge in [-0.1, -0.05) is 0 Å². The lowest BCUT2D eigenvalue weighted by atomic mass is 10.1. The van der Waals surface area contributed by atoms with E-state index in [4.69, 9.17) is 39.0 Å². The second kappa shape index (κ2) is 10.8. The highest BCUT2D eigenvalue weighted by Crippen LogP contribution is 2.51. The van der Waals surface area contributed by atoms with Gasteiger partial charge < -0.3 is 53.9 Å². The molecule has 3 aliphatic rings. The van der Waals surface area contributed by atoms with E-state index in [0.29, 0.717) is 0 Å². The number of nitrogen functional groups attached to an aromatic ring is 2. The summed E-state index contributed by atoms with van der Waals surface area (Å²) in [6.07, 6.45) is -11.2. The van der Waals surface area contributed by atoms with E-state index in [1.165, 1.54) is 0 Å². The molecular formula is C20H21FN10O12P2-2. The Labute approximate surface area is 248 Å². The summed E-state index contributed by atoms with van der Waals surface area (Å²) in [5, 5.41) is 10.9. The zero-order valence-corrected chi connectivity index (χ0v) is 24.0. The lowest BCUT2D eigenvalue weighted by molar-refractivity contribution is -0.240. The highest BCUT2D eigenvalue weighted by molar-refractivity contribution is 7.46. The third-order valence-corrected chi connectivity index (χ3v) is 9.20. The number of nitrogens with zero attached hydrogens (tertiary/aromatic N) is 7. The first-order valence-corrected chi connectivity index (χ1v) is 15.8. The molecule has 45 heavy (non-hydrogen) atoms. The average molecular weight is 674 g/mol. The molecule has 0 radical (unpaired) electrons. The number of hydrogen-bond donors (Lipinski definition) is 4. The third kappa shape index (κ3) is 5.30. The maximum atomic E-state index is 15.8. The van der Waals surface area contributed by atoms with Crippen LogP contribution in [0.2, 0.25) is 0 Å². The molecule has 7 rings (SSSR count). The van der Waals surface area contributed by atoms with Gasteiger partial charge in [0, 0.05) is 0 Å². The first kappa shape index (κ1) is 30.2. The van der Waals surface area contributed by atoms with Crippen LogP contribution >= 0.6 is 15.6 Å². The number of nitrogens with two attached hydrogens (primary N) is 2. The molecule has 0 amide bonds. The fourth-order valence-corrected chi connectivity index (χ4v) is 7.10. The van der Waals surface area contributed by atoms with Crippen LogP contribution in [0, 0.1) is 0 Å². The van der Waals surface area contributed by atoms with Gasteiger partial charge in [-0.25, -0.2) is 24.3 Å². The molecule has 22 nitrogen and oxygen atoms in total. The Bertz CT molecular complexity index is 1940. The van der Waals surface area contributed by atoms with Gasteiger partial charge in [0.25, 0.3) is 21.2 Å². The number of aliphatic hydroxyl groups is 1. The third-order valence-electron chi connectivity index (χ3n) is 7.26. The zero-order chi connectivity index (χ0) is 31.8. The second-order valence-electron chi connectivity index (χ2n) is 10.0. The van der Waals surface area contributed by atoms with Crippen molar-refractivity contribution < 1.29 is 56.0 Å². The summed E-state index contributed by atoms with van der Waals surface area (Å²) >= 11 is 0. The number of hydrogen-bond acceptors (Lipinski definition) is 19. The smallest absolute Gasteiger partial charge is 0.280 e. The Morgan fingerprint density at radius 1 is 0.911 bits per heavy atom. The van der Waals surface area contributed by atoms with Crippen LogP contribution in [-0.4, -0.2) is 94.0 Å². The maximum absolute atomic E-state index is 15.8. The molecule has 0 saturated carbocycles. The van der Waals surface area contributed by atoms with Crippen molar-refractivity contribution in [1.82, 2.24) is 39.0 Å². The van der Waals surface area contributed by atoms with Gasteiger partial charge >= 0.3 is 0 Å². The van der Waals surface area contributed by atoms with E-state index in [1.54, 1.807) is 0 Å². The topological polar surface area (TPSA) is 315 Å². The molecule has 4 aromatic rings. The average Bonchev–Trinajstić information content (AvgIpc) is 3.72. The van der Waals surface area contributed by atoms with Gasteiger partial charge in [-0.3, -0.25) is 28.0 Å². The number of halogens is 1. The van der Waals surface area contributed by atoms with Crippen LogP contribution in [0.25, 0.3) is 22.3 Å². The van der Waals surface area contributed by atoms with E-state index in [0.717, 1.165) is 28.1 Å². The molecule has 4 aromatic heterocycles. The van der Waals surface area contributed by atoms with Crippen LogP contribution in [-0.2, 0) is 36.7 Å². The first-order chi connectivity index (χ1) is 21.3. The van der Waals surface area contributed by atoms with Crippen molar-refractivity contribution in [3.8, 4) is 0 Å². The Morgan fingerprint density at radius 3 is 2.27 bits per heavy atom. The van der Waals surface area contributed by atoms with Gasteiger partial charge in [0.05, 0.1) is 25.9 Å². The predicted molar refractivity (Wildman–Crippen MR) is 138 cm³/mol. The molecule has 3 saturated heterocycles. The number of rotatable bonds is 2. The normalized spacial score (nSPS) is 37.7. The van der Waals surface area contributed by atoms with Gasteiger partial charge in [0.1, 0.15) is 42.4 Å². The van der Waals surface area contributed by atoms with Gasteiger partial charge in [-0.2, -0.15) is 4.98 Å². The van der Waals surface area contributed by atoms with E-state index in [1.807, 2.05) is 0 Å². The summed E-state index contributed by atoms with van der Waals surface area (Å²) in [6.45, 7) is -1.95. The molecule has 10 atom stereocenters. The maximum Gasteiger partial charge on any atom is 0.280 e. The van der Waals surface area contributed by atoms with Crippen LogP contribution in [0.5, 0.6) is 0 Å². The Morgan fingerprint density at radius 2 is 1.53 bits per heavy atom. The Balaban J connectivity index is 1.21. The van der Waals surface area contributed by atoms with Crippen molar-refractivity contribution in [2.24, 2.45) is 0 Å². The minimum Gasteiger partial charge on any atom is -0.756 e. The number of phosphoric acid groups is 2. The molecule has 0 spiro atoms. The largest absolute Gasteiger partial charge is 0.756 e. The van der Waals surface area contributed by atoms with Crippen molar-refractivity contribution in [2.45, 2.75) is 49.1 Å². The molecule has 2 unspecified atom stereocenters. The van der Waals surface area contributed by atoms with Gasteiger partial charge in [-0.05, 0) is 0 Å². The Kier molecular flexibility index (Phi) is 7.26. The van der Waals surface area contributed by atoms with E-state index in [9.17, 15) is 28.8 Å². The minimum absolute atomic E-state index is 0.0247. The fourth-order valence-electron chi connectivity index (χ4n) is 5.25. The number of alkyl halides is 1. The molecule has 7 heterocycles. The van der Waals surface area contributed by atoms with Gasteiger partial charge in [0.15, 0.2) is 41.3 Å². The van der Waals surface area contributed by atoms with Gasteiger partial charge in [-0.15, -0.1) is 0 Å². The predicted octanol–water partition coefficient (Wildman–Crippen LogP) is -2.63. The van der Waals surface area contributed by atoms with Crippen LogP contribution in [0.3, 0.4) is 0 Å². The monoisotopic (exact) mass is 674 g/mol. The number of aromatic nitrogens is 8. The van der Waals surface area contributed by atoms with Crippen molar-refractivity contribution >= 4 is 49.7 Å². The number of aliphatic hydroxyl groups excluding tert-OH is 1. The van der Waals surface area contributed by atoms with E-state index in [2.05, 4.69) is 29.9 Å². The van der Waals surface area contributed by atoms with Gasteiger partial charge in [0.2, 0.25) is 5.95 Å². The molecule has 242 valence electrons. The van der Waals surface area contributed by atoms with Crippen molar-refractivity contribution in [3.63, 3.8) is 0 Å². The van der Waals surface area contributed by atoms with Crippen LogP contribution < -0.4 is 26.8 Å². The summed E-state index contributed by atoms with van der Waals surface area (Å²) in [7, 11) is -10.8. The number of H-pyrrole nitrogens is 1. The Hall–Kier alpha value is -3.47. The summed E-state index contributed by atoms with van der Waals surface area (Å²) < 4.78 is 75.3. The number of fused-ring (bicyclic) bond motifs is 5. The van der Waals surface area contributed by atoms with E-state index in [-0.39, 0.29) is 34.1 Å². The van der Waals surface area contributed by atoms with Crippen LogP contribution in [0.1, 0.15) is 12.5 Å². The van der Waals surface area contributed by atoms with Crippen molar-refractivity contribution in [1.29, 1.82) is 0 Å². The standard InChI is InChI=1S/C20H23FN10O12P2/c21-8-12-7(41-18(8)30-4-26-9-14(22)24-3-25-15(9)30)2-39-45(36,37)43-13-11(32)6(1-38-44(34,35)42-12)40-19(13)31-5-27-10-16(31)28-20(23)29-17(10)33/h3-8,11-13,18-19,32H,1-2H2,(H,34,35)(H,36,37)(H2,22,24,25)(H3,23,28,29,33)/p-2/t6-,7-,8-,11-,12-,13-,18-,19-/m1/s1. The quantitative estimate of drug-likeness (QED) is 0.158. The number of nitrogens with one attached hydrogen (secondary N) is 1. The lowest BCUT2D eigenvalue weighted by Gasteiger charge is -2.31. The lowest BCUT2D eigenvalue weighted by Crippen LogP contribution is -2.36. The van der Waals surface area contributed by atoms with Crippen molar-refractivity contribution in [2.75, 3.05) is 24.7 Å². The summed E-state index contributed by atoms with van der Waals surface area (Å²) in [5.41, 5.74) is 10.4. The minimum atomic E-state index is -5.42. The molecule has 2 bridgehead atoms. The van der Waals surface area contributed by atoms with Crippen molar-refractivity contribution in [3.05, 3.63) is 29.3 Å².